The maximum atomic E-state index is 12.5. The van der Waals surface area contributed by atoms with Crippen LogP contribution in [0.2, 0.25) is 4.34 Å². The molecule has 2 aromatic rings. The minimum Gasteiger partial charge on any atom is -0.495 e. The smallest absolute Gasteiger partial charge is 0.188 e. The first-order valence-corrected chi connectivity index (χ1v) is 8.28. The summed E-state index contributed by atoms with van der Waals surface area (Å²) in [7, 11) is 0.0436. The number of ether oxygens (including phenoxy) is 1. The summed E-state index contributed by atoms with van der Waals surface area (Å²) in [5.41, 5.74) is 0. The number of carbonyl (C=O) groups is 1. The third-order valence-corrected chi connectivity index (χ3v) is 5.66. The Kier molecular flexibility index (Phi) is 4.96. The Hall–Kier alpha value is -1.17. The molecule has 0 N–H and O–H groups in total. The van der Waals surface area contributed by atoms with Crippen LogP contribution in [0.25, 0.3) is 0 Å². The molecule has 2 atom stereocenters. The number of hydrogen-bond acceptors (Lipinski definition) is 4. The SMILES string of the molecule is COc1ccccc1S(=O)C(C)C(=O)c1ccc(Cl)s1. The second-order valence-electron chi connectivity index (χ2n) is 4.06. The van der Waals surface area contributed by atoms with E-state index in [-0.39, 0.29) is 5.78 Å². The largest absolute Gasteiger partial charge is 0.495 e. The minimum atomic E-state index is -1.47. The van der Waals surface area contributed by atoms with Gasteiger partial charge in [0.15, 0.2) is 5.78 Å². The van der Waals surface area contributed by atoms with Crippen molar-refractivity contribution >= 4 is 39.5 Å². The topological polar surface area (TPSA) is 43.4 Å². The van der Waals surface area contributed by atoms with E-state index in [1.165, 1.54) is 18.4 Å². The Labute approximate surface area is 129 Å². The van der Waals surface area contributed by atoms with Crippen molar-refractivity contribution in [2.45, 2.75) is 17.1 Å². The quantitative estimate of drug-likeness (QED) is 0.784. The van der Waals surface area contributed by atoms with Crippen LogP contribution in [-0.2, 0) is 10.8 Å². The first-order valence-electron chi connectivity index (χ1n) is 5.87. The van der Waals surface area contributed by atoms with Gasteiger partial charge in [0.1, 0.15) is 11.0 Å². The lowest BCUT2D eigenvalue weighted by molar-refractivity contribution is 0.0996. The lowest BCUT2D eigenvalue weighted by Gasteiger charge is -2.12. The van der Waals surface area contributed by atoms with Crippen molar-refractivity contribution in [1.29, 1.82) is 0 Å². The molecule has 2 unspecified atom stereocenters. The number of para-hydroxylation sites is 1. The van der Waals surface area contributed by atoms with Gasteiger partial charge in [-0.2, -0.15) is 0 Å². The fourth-order valence-electron chi connectivity index (χ4n) is 1.72. The standard InChI is InChI=1S/C14H13ClO3S2/c1-9(14(16)11-7-8-13(15)19-11)20(17)12-6-4-3-5-10(12)18-2/h3-9H,1-2H3. The monoisotopic (exact) mass is 328 g/mol. The van der Waals surface area contributed by atoms with Crippen molar-refractivity contribution in [3.8, 4) is 5.75 Å². The first kappa shape index (κ1) is 15.2. The highest BCUT2D eigenvalue weighted by Gasteiger charge is 2.25. The summed E-state index contributed by atoms with van der Waals surface area (Å²) in [5.74, 6) is 0.348. The minimum absolute atomic E-state index is 0.175. The van der Waals surface area contributed by atoms with Gasteiger partial charge in [-0.05, 0) is 31.2 Å². The van der Waals surface area contributed by atoms with E-state index in [9.17, 15) is 9.00 Å². The van der Waals surface area contributed by atoms with Gasteiger partial charge >= 0.3 is 0 Å². The zero-order valence-corrected chi connectivity index (χ0v) is 13.3. The van der Waals surface area contributed by atoms with Gasteiger partial charge in [-0.3, -0.25) is 9.00 Å². The molecule has 0 aliphatic carbocycles. The van der Waals surface area contributed by atoms with Crippen molar-refractivity contribution in [3.05, 3.63) is 45.6 Å². The number of Topliss-reactive ketones (excluding diaryl/α,β-unsaturated/α-hetero) is 1. The Morgan fingerprint density at radius 2 is 2.00 bits per heavy atom. The number of benzene rings is 1. The molecule has 3 nitrogen and oxygen atoms in total. The van der Waals surface area contributed by atoms with Crippen molar-refractivity contribution in [3.63, 3.8) is 0 Å². The van der Waals surface area contributed by atoms with E-state index in [0.717, 1.165) is 0 Å². The molecule has 6 heteroatoms. The molecule has 0 radical (unpaired) electrons. The van der Waals surface area contributed by atoms with Gasteiger partial charge in [-0.15, -0.1) is 11.3 Å². The Morgan fingerprint density at radius 3 is 2.60 bits per heavy atom. The lowest BCUT2D eigenvalue weighted by atomic mass is 10.2. The molecule has 0 amide bonds. The highest BCUT2D eigenvalue weighted by Crippen LogP contribution is 2.27. The van der Waals surface area contributed by atoms with Crippen molar-refractivity contribution in [1.82, 2.24) is 0 Å². The summed E-state index contributed by atoms with van der Waals surface area (Å²) < 4.78 is 18.3. The Bertz CT molecular complexity index is 651. The van der Waals surface area contributed by atoms with Crippen LogP contribution >= 0.6 is 22.9 Å². The summed E-state index contributed by atoms with van der Waals surface area (Å²) in [6, 6.07) is 10.3. The zero-order valence-electron chi connectivity index (χ0n) is 11.0. The molecule has 1 heterocycles. The van der Waals surface area contributed by atoms with E-state index >= 15 is 0 Å². The van der Waals surface area contributed by atoms with Gasteiger partial charge in [-0.25, -0.2) is 0 Å². The number of rotatable bonds is 5. The predicted molar refractivity (Wildman–Crippen MR) is 82.5 cm³/mol. The third-order valence-electron chi connectivity index (χ3n) is 2.79. The second kappa shape index (κ2) is 6.52. The highest BCUT2D eigenvalue weighted by molar-refractivity contribution is 7.86. The van der Waals surface area contributed by atoms with Crippen molar-refractivity contribution in [2.75, 3.05) is 7.11 Å². The van der Waals surface area contributed by atoms with E-state index in [1.807, 2.05) is 0 Å². The van der Waals surface area contributed by atoms with Crippen LogP contribution in [0.3, 0.4) is 0 Å². The Morgan fingerprint density at radius 1 is 1.30 bits per heavy atom. The third kappa shape index (κ3) is 3.11. The molecule has 20 heavy (non-hydrogen) atoms. The van der Waals surface area contributed by atoms with Crippen LogP contribution < -0.4 is 4.74 Å². The van der Waals surface area contributed by atoms with Crippen molar-refractivity contribution in [2.24, 2.45) is 0 Å². The molecule has 1 aromatic carbocycles. The molecule has 0 aliphatic heterocycles. The Balaban J connectivity index is 2.26. The van der Waals surface area contributed by atoms with Crippen LogP contribution in [0.5, 0.6) is 5.75 Å². The fraction of sp³-hybridized carbons (Fsp3) is 0.214. The summed E-state index contributed by atoms with van der Waals surface area (Å²) in [4.78, 5) is 13.3. The lowest BCUT2D eigenvalue weighted by Crippen LogP contribution is -2.22. The number of halogens is 1. The van der Waals surface area contributed by atoms with Crippen LogP contribution in [0.1, 0.15) is 16.6 Å². The average Bonchev–Trinajstić information content (AvgIpc) is 2.91. The van der Waals surface area contributed by atoms with E-state index in [1.54, 1.807) is 43.3 Å². The maximum absolute atomic E-state index is 12.5. The van der Waals surface area contributed by atoms with E-state index < -0.39 is 16.0 Å². The molecule has 0 saturated heterocycles. The summed E-state index contributed by atoms with van der Waals surface area (Å²) in [5, 5.41) is -0.652. The number of methoxy groups -OCH3 is 1. The first-order chi connectivity index (χ1) is 9.54. The molecule has 0 bridgehead atoms. The highest BCUT2D eigenvalue weighted by atomic mass is 35.5. The van der Waals surface area contributed by atoms with Gasteiger partial charge in [0, 0.05) is 0 Å². The summed E-state index contributed by atoms with van der Waals surface area (Å²) in [6.45, 7) is 1.65. The molecule has 0 saturated carbocycles. The number of ketones is 1. The van der Waals surface area contributed by atoms with E-state index in [4.69, 9.17) is 16.3 Å². The second-order valence-corrected chi connectivity index (χ2v) is 7.52. The summed E-state index contributed by atoms with van der Waals surface area (Å²) >= 11 is 7.02. The molecule has 2 rings (SSSR count). The fourth-order valence-corrected chi connectivity index (χ4v) is 4.13. The molecule has 0 fully saturated rings. The van der Waals surface area contributed by atoms with Gasteiger partial charge in [0.2, 0.25) is 0 Å². The van der Waals surface area contributed by atoms with Gasteiger partial charge in [0.25, 0.3) is 0 Å². The normalized spacial score (nSPS) is 13.8. The van der Waals surface area contributed by atoms with Crippen LogP contribution in [0, 0.1) is 0 Å². The van der Waals surface area contributed by atoms with Gasteiger partial charge < -0.3 is 4.74 Å². The summed E-state index contributed by atoms with van der Waals surface area (Å²) in [6.07, 6.45) is 0. The molecule has 106 valence electrons. The predicted octanol–water partition coefficient (Wildman–Crippen LogP) is 3.79. The number of carbonyl (C=O) groups excluding carboxylic acids is 1. The number of hydrogen-bond donors (Lipinski definition) is 0. The van der Waals surface area contributed by atoms with E-state index in [0.29, 0.717) is 19.9 Å². The van der Waals surface area contributed by atoms with E-state index in [2.05, 4.69) is 0 Å². The van der Waals surface area contributed by atoms with Gasteiger partial charge in [0.05, 0.1) is 32.0 Å². The molecule has 1 aromatic heterocycles. The van der Waals surface area contributed by atoms with Crippen molar-refractivity contribution < 1.29 is 13.7 Å². The molecular weight excluding hydrogens is 316 g/mol. The maximum Gasteiger partial charge on any atom is 0.188 e. The molecule has 0 spiro atoms. The number of thiophene rings is 1. The van der Waals surface area contributed by atoms with Crippen LogP contribution in [0.4, 0.5) is 0 Å². The van der Waals surface area contributed by atoms with Crippen LogP contribution in [-0.4, -0.2) is 22.4 Å². The van der Waals surface area contributed by atoms with Crippen LogP contribution in [0.15, 0.2) is 41.3 Å². The molecular formula is C14H13ClO3S2. The molecule has 0 aliphatic rings. The zero-order chi connectivity index (χ0) is 14.7. The average molecular weight is 329 g/mol. The van der Waals surface area contributed by atoms with Gasteiger partial charge in [-0.1, -0.05) is 23.7 Å².